The highest BCUT2D eigenvalue weighted by atomic mass is 79.9. The number of carbonyl (C=O) groups is 1. The fraction of sp³-hybridized carbons (Fsp3) is 0.381. The molecule has 3 rings (SSSR count). The number of rotatable bonds is 7. The number of methoxy groups -OCH3 is 1. The Morgan fingerprint density at radius 2 is 1.78 bits per heavy atom. The van der Waals surface area contributed by atoms with Crippen LogP contribution in [-0.4, -0.2) is 57.2 Å². The summed E-state index contributed by atoms with van der Waals surface area (Å²) in [6.07, 6.45) is 0.955. The second-order valence-corrected chi connectivity index (χ2v) is 7.53. The Morgan fingerprint density at radius 3 is 2.48 bits per heavy atom. The molecule has 0 aliphatic carbocycles. The van der Waals surface area contributed by atoms with Crippen molar-refractivity contribution in [2.75, 3.05) is 51.3 Å². The van der Waals surface area contributed by atoms with E-state index in [1.54, 1.807) is 7.11 Å². The minimum absolute atomic E-state index is 0.0107. The number of nitrogens with one attached hydrogen (secondary N) is 1. The van der Waals surface area contributed by atoms with E-state index in [1.165, 1.54) is 5.69 Å². The molecule has 0 unspecified atom stereocenters. The highest BCUT2D eigenvalue weighted by Gasteiger charge is 2.19. The lowest BCUT2D eigenvalue weighted by atomic mass is 10.2. The maximum Gasteiger partial charge on any atom is 0.251 e. The second-order valence-electron chi connectivity index (χ2n) is 6.62. The Bertz CT molecular complexity index is 743. The summed E-state index contributed by atoms with van der Waals surface area (Å²) >= 11 is 3.38. The van der Waals surface area contributed by atoms with Gasteiger partial charge in [-0.2, -0.15) is 0 Å². The highest BCUT2D eigenvalue weighted by Crippen LogP contribution is 2.28. The summed E-state index contributed by atoms with van der Waals surface area (Å²) < 4.78 is 6.45. The van der Waals surface area contributed by atoms with Crippen molar-refractivity contribution in [3.8, 4) is 5.75 Å². The molecular formula is C21H26BrN3O2. The van der Waals surface area contributed by atoms with Crippen LogP contribution in [0.5, 0.6) is 5.75 Å². The molecule has 1 saturated heterocycles. The summed E-state index contributed by atoms with van der Waals surface area (Å²) in [4.78, 5) is 16.9. The van der Waals surface area contributed by atoms with E-state index in [1.807, 2.05) is 36.4 Å². The molecule has 2 aromatic rings. The van der Waals surface area contributed by atoms with E-state index >= 15 is 0 Å². The van der Waals surface area contributed by atoms with Gasteiger partial charge in [-0.05, 0) is 49.4 Å². The zero-order valence-electron chi connectivity index (χ0n) is 15.7. The van der Waals surface area contributed by atoms with Gasteiger partial charge < -0.3 is 15.0 Å². The lowest BCUT2D eigenvalue weighted by Gasteiger charge is -2.36. The zero-order valence-corrected chi connectivity index (χ0v) is 17.2. The van der Waals surface area contributed by atoms with Gasteiger partial charge in [-0.25, -0.2) is 0 Å². The number of halogens is 1. The van der Waals surface area contributed by atoms with Crippen molar-refractivity contribution < 1.29 is 9.53 Å². The minimum Gasteiger partial charge on any atom is -0.495 e. The van der Waals surface area contributed by atoms with Gasteiger partial charge in [0.25, 0.3) is 5.91 Å². The molecule has 1 heterocycles. The Labute approximate surface area is 169 Å². The van der Waals surface area contributed by atoms with Crippen LogP contribution in [0.2, 0.25) is 0 Å². The summed E-state index contributed by atoms with van der Waals surface area (Å²) in [5, 5.41) is 3.00. The summed E-state index contributed by atoms with van der Waals surface area (Å²) in [6.45, 7) is 5.73. The van der Waals surface area contributed by atoms with Crippen LogP contribution in [0.1, 0.15) is 16.8 Å². The van der Waals surface area contributed by atoms with Crippen molar-refractivity contribution in [1.82, 2.24) is 10.2 Å². The first kappa shape index (κ1) is 19.7. The minimum atomic E-state index is -0.0107. The van der Waals surface area contributed by atoms with E-state index in [4.69, 9.17) is 4.74 Å². The summed E-state index contributed by atoms with van der Waals surface area (Å²) in [6, 6.07) is 15.6. The third-order valence-electron chi connectivity index (χ3n) is 4.84. The Morgan fingerprint density at radius 1 is 1.07 bits per heavy atom. The lowest BCUT2D eigenvalue weighted by molar-refractivity contribution is 0.0951. The molecule has 1 aliphatic rings. The number of hydrogen-bond acceptors (Lipinski definition) is 4. The topological polar surface area (TPSA) is 44.8 Å². The largest absolute Gasteiger partial charge is 0.495 e. The van der Waals surface area contributed by atoms with Gasteiger partial charge in [-0.15, -0.1) is 0 Å². The smallest absolute Gasteiger partial charge is 0.251 e. The van der Waals surface area contributed by atoms with Crippen molar-refractivity contribution in [2.24, 2.45) is 0 Å². The van der Waals surface area contributed by atoms with E-state index in [-0.39, 0.29) is 5.91 Å². The van der Waals surface area contributed by atoms with Gasteiger partial charge in [0, 0.05) is 42.8 Å². The van der Waals surface area contributed by atoms with Crippen LogP contribution in [0, 0.1) is 0 Å². The Balaban J connectivity index is 1.37. The maximum absolute atomic E-state index is 12.1. The molecule has 0 radical (unpaired) electrons. The molecule has 1 amide bonds. The number of ether oxygens (including phenoxy) is 1. The van der Waals surface area contributed by atoms with E-state index < -0.39 is 0 Å². The molecule has 0 saturated carbocycles. The number of amides is 1. The van der Waals surface area contributed by atoms with E-state index in [2.05, 4.69) is 43.2 Å². The number of nitrogens with zero attached hydrogens (tertiary/aromatic N) is 2. The van der Waals surface area contributed by atoms with E-state index in [0.29, 0.717) is 12.1 Å². The van der Waals surface area contributed by atoms with Crippen molar-refractivity contribution in [2.45, 2.75) is 6.42 Å². The fourth-order valence-corrected chi connectivity index (χ4v) is 3.58. The quantitative estimate of drug-likeness (QED) is 0.682. The molecule has 144 valence electrons. The average molecular weight is 432 g/mol. The summed E-state index contributed by atoms with van der Waals surface area (Å²) in [7, 11) is 1.72. The van der Waals surface area contributed by atoms with Crippen LogP contribution < -0.4 is 15.0 Å². The molecule has 27 heavy (non-hydrogen) atoms. The molecule has 0 atom stereocenters. The monoisotopic (exact) mass is 431 g/mol. The molecule has 0 bridgehead atoms. The first-order valence-corrected chi connectivity index (χ1v) is 10.1. The van der Waals surface area contributed by atoms with Crippen molar-refractivity contribution in [3.05, 3.63) is 58.6 Å². The Hall–Kier alpha value is -2.05. The molecule has 2 aromatic carbocycles. The normalized spacial score (nSPS) is 14.8. The number of carbonyl (C=O) groups excluding carboxylic acids is 1. The van der Waals surface area contributed by atoms with Crippen LogP contribution in [0.3, 0.4) is 0 Å². The van der Waals surface area contributed by atoms with E-state index in [9.17, 15) is 4.79 Å². The molecule has 1 aliphatic heterocycles. The van der Waals surface area contributed by atoms with Crippen LogP contribution in [0.15, 0.2) is 53.0 Å². The molecule has 6 heteroatoms. The number of benzene rings is 2. The average Bonchev–Trinajstić information content (AvgIpc) is 2.72. The lowest BCUT2D eigenvalue weighted by Crippen LogP contribution is -2.47. The number of hydrogen-bond donors (Lipinski definition) is 1. The predicted molar refractivity (Wildman–Crippen MR) is 113 cm³/mol. The third-order valence-corrected chi connectivity index (χ3v) is 5.37. The van der Waals surface area contributed by atoms with Gasteiger partial charge in [0.05, 0.1) is 12.8 Å². The number of para-hydroxylation sites is 2. The van der Waals surface area contributed by atoms with Gasteiger partial charge in [0.1, 0.15) is 5.75 Å². The predicted octanol–water partition coefficient (Wildman–Crippen LogP) is 3.40. The van der Waals surface area contributed by atoms with Crippen molar-refractivity contribution >= 4 is 27.5 Å². The zero-order chi connectivity index (χ0) is 19.1. The molecular weight excluding hydrogens is 406 g/mol. The summed E-state index contributed by atoms with van der Waals surface area (Å²) in [5.74, 6) is 0.921. The maximum atomic E-state index is 12.1. The first-order chi connectivity index (χ1) is 13.2. The van der Waals surface area contributed by atoms with Crippen LogP contribution in [0.25, 0.3) is 0 Å². The summed E-state index contributed by atoms with van der Waals surface area (Å²) in [5.41, 5.74) is 1.87. The standard InChI is InChI=1S/C21H26BrN3O2/c1-27-20-6-3-2-5-19(20)25-15-13-24(14-16-25)12-4-11-23-21(26)17-7-9-18(22)10-8-17/h2-3,5-10H,4,11-16H2,1H3,(H,23,26). The molecule has 0 aromatic heterocycles. The molecule has 1 N–H and O–H groups in total. The van der Waals surface area contributed by atoms with Gasteiger partial charge >= 0.3 is 0 Å². The molecule has 5 nitrogen and oxygen atoms in total. The van der Waals surface area contributed by atoms with Crippen LogP contribution >= 0.6 is 15.9 Å². The van der Waals surface area contributed by atoms with Crippen molar-refractivity contribution in [3.63, 3.8) is 0 Å². The van der Waals surface area contributed by atoms with Crippen LogP contribution in [0.4, 0.5) is 5.69 Å². The fourth-order valence-electron chi connectivity index (χ4n) is 3.31. The Kier molecular flexibility index (Phi) is 7.12. The molecule has 0 spiro atoms. The number of anilines is 1. The first-order valence-electron chi connectivity index (χ1n) is 9.31. The highest BCUT2D eigenvalue weighted by molar-refractivity contribution is 9.10. The number of piperazine rings is 1. The second kappa shape index (κ2) is 9.76. The van der Waals surface area contributed by atoms with Gasteiger partial charge in [-0.1, -0.05) is 28.1 Å². The van der Waals surface area contributed by atoms with Crippen LogP contribution in [-0.2, 0) is 0 Å². The molecule has 1 fully saturated rings. The van der Waals surface area contributed by atoms with Gasteiger partial charge in [0.2, 0.25) is 0 Å². The third kappa shape index (κ3) is 5.47. The van der Waals surface area contributed by atoms with Gasteiger partial charge in [-0.3, -0.25) is 9.69 Å². The SMILES string of the molecule is COc1ccccc1N1CCN(CCCNC(=O)c2ccc(Br)cc2)CC1. The van der Waals surface area contributed by atoms with Crippen molar-refractivity contribution in [1.29, 1.82) is 0 Å². The van der Waals surface area contributed by atoms with E-state index in [0.717, 1.165) is 49.4 Å². The van der Waals surface area contributed by atoms with Gasteiger partial charge in [0.15, 0.2) is 0 Å².